The summed E-state index contributed by atoms with van der Waals surface area (Å²) in [4.78, 5) is 47.2. The molecule has 3 rings (SSSR count). The highest BCUT2D eigenvalue weighted by atomic mass is 16.7. The van der Waals surface area contributed by atoms with E-state index in [1.807, 2.05) is 36.4 Å². The van der Waals surface area contributed by atoms with Gasteiger partial charge in [0.15, 0.2) is 5.03 Å². The van der Waals surface area contributed by atoms with Crippen molar-refractivity contribution in [3.05, 3.63) is 88.0 Å². The van der Waals surface area contributed by atoms with E-state index in [-0.39, 0.29) is 32.0 Å². The minimum Gasteiger partial charge on any atom is -0.365 e. The van der Waals surface area contributed by atoms with Crippen LogP contribution < -0.4 is 38.1 Å². The van der Waals surface area contributed by atoms with Crippen LogP contribution in [0.2, 0.25) is 0 Å². The second-order valence-electron chi connectivity index (χ2n) is 8.72. The van der Waals surface area contributed by atoms with E-state index in [0.29, 0.717) is 12.1 Å². The van der Waals surface area contributed by atoms with Crippen molar-refractivity contribution in [3.63, 3.8) is 0 Å². The standard InChI is InChI=1S/C26H31N9O5/c27-24(34-35(39)40)29-14-4-9-22(23(36)30-15-17-10-12-18(13-11-17)16-31-25(28)37)33-26(38)32-21-8-3-6-19-5-1-2-7-20(19)21/h1-3,5-8,10-13,22H,4,9,14-16H2,(H,30,36)(H3,27,29,34)(H3,28,31,37)(H2,32,33,38)/t22-/m1/s1. The van der Waals surface area contributed by atoms with Gasteiger partial charge in [0, 0.05) is 25.0 Å². The number of urea groups is 2. The molecule has 0 unspecified atom stereocenters. The van der Waals surface area contributed by atoms with Crippen molar-refractivity contribution < 1.29 is 19.4 Å². The number of carbonyl (C=O) groups is 3. The Bertz CT molecular complexity index is 1370. The van der Waals surface area contributed by atoms with Crippen LogP contribution in [0.1, 0.15) is 24.0 Å². The maximum absolute atomic E-state index is 13.1. The van der Waals surface area contributed by atoms with Crippen molar-refractivity contribution in [2.24, 2.45) is 16.6 Å². The van der Waals surface area contributed by atoms with Crippen LogP contribution in [0.5, 0.6) is 0 Å². The van der Waals surface area contributed by atoms with E-state index in [1.54, 1.807) is 30.3 Å². The third kappa shape index (κ3) is 9.48. The van der Waals surface area contributed by atoms with Crippen LogP contribution >= 0.6 is 0 Å². The Labute approximate surface area is 229 Å². The lowest BCUT2D eigenvalue weighted by Crippen LogP contribution is -2.48. The average molecular weight is 550 g/mol. The van der Waals surface area contributed by atoms with Crippen molar-refractivity contribution in [2.45, 2.75) is 32.0 Å². The fourth-order valence-electron chi connectivity index (χ4n) is 3.84. The SMILES string of the molecule is NC(=O)NCc1ccc(CNC(=O)[C@@H](CCCNC(N)=N[N+](=O)[O-])NC(=O)Nc2cccc3ccccc23)cc1. The molecule has 5 amide bonds. The molecule has 0 aliphatic heterocycles. The number of hydrogen-bond donors (Lipinski definition) is 7. The molecule has 14 heteroatoms. The van der Waals surface area contributed by atoms with Crippen LogP contribution in [0, 0.1) is 10.1 Å². The number of guanidine groups is 1. The van der Waals surface area contributed by atoms with Crippen molar-refractivity contribution in [1.82, 2.24) is 21.3 Å². The molecular weight excluding hydrogens is 518 g/mol. The first kappa shape index (κ1) is 29.2. The summed E-state index contributed by atoms with van der Waals surface area (Å²) in [5.41, 5.74) is 12.7. The van der Waals surface area contributed by atoms with Crippen LogP contribution in [0.3, 0.4) is 0 Å². The Balaban J connectivity index is 1.62. The van der Waals surface area contributed by atoms with Gasteiger partial charge in [-0.2, -0.15) is 0 Å². The van der Waals surface area contributed by atoms with Gasteiger partial charge < -0.3 is 38.1 Å². The largest absolute Gasteiger partial charge is 0.365 e. The molecule has 3 aromatic carbocycles. The zero-order chi connectivity index (χ0) is 28.9. The van der Waals surface area contributed by atoms with E-state index >= 15 is 0 Å². The van der Waals surface area contributed by atoms with Gasteiger partial charge in [0.05, 0.1) is 5.69 Å². The van der Waals surface area contributed by atoms with E-state index in [2.05, 4.69) is 31.7 Å². The van der Waals surface area contributed by atoms with Crippen LogP contribution in [0.25, 0.3) is 10.8 Å². The summed E-state index contributed by atoms with van der Waals surface area (Å²) in [5.74, 6) is -0.776. The van der Waals surface area contributed by atoms with E-state index in [4.69, 9.17) is 11.5 Å². The van der Waals surface area contributed by atoms with Gasteiger partial charge in [0.25, 0.3) is 5.96 Å². The monoisotopic (exact) mass is 549 g/mol. The number of benzene rings is 3. The summed E-state index contributed by atoms with van der Waals surface area (Å²) in [5, 5.41) is 27.7. The quantitative estimate of drug-likeness (QED) is 0.0582. The van der Waals surface area contributed by atoms with Gasteiger partial charge in [0.1, 0.15) is 11.1 Å². The van der Waals surface area contributed by atoms with Crippen LogP contribution in [0.4, 0.5) is 15.3 Å². The molecule has 0 heterocycles. The van der Waals surface area contributed by atoms with Gasteiger partial charge in [-0.25, -0.2) is 19.7 Å². The van der Waals surface area contributed by atoms with Gasteiger partial charge in [-0.15, -0.1) is 0 Å². The topological polar surface area (TPSA) is 219 Å². The second kappa shape index (κ2) is 14.5. The van der Waals surface area contributed by atoms with Crippen molar-refractivity contribution in [3.8, 4) is 0 Å². The lowest BCUT2D eigenvalue weighted by Gasteiger charge is -2.19. The van der Waals surface area contributed by atoms with Gasteiger partial charge in [-0.1, -0.05) is 60.7 Å². The molecule has 210 valence electrons. The number of hydrazone groups is 1. The predicted molar refractivity (Wildman–Crippen MR) is 150 cm³/mol. The Hall–Kier alpha value is -5.40. The molecule has 0 saturated carbocycles. The molecule has 1 atom stereocenters. The number of nitrogens with zero attached hydrogens (tertiary/aromatic N) is 2. The second-order valence-corrected chi connectivity index (χ2v) is 8.72. The van der Waals surface area contributed by atoms with E-state index < -0.39 is 29.0 Å². The highest BCUT2D eigenvalue weighted by Crippen LogP contribution is 2.22. The Morgan fingerprint density at radius 1 is 0.875 bits per heavy atom. The average Bonchev–Trinajstić information content (AvgIpc) is 2.92. The number of nitro groups is 1. The van der Waals surface area contributed by atoms with Gasteiger partial charge in [-0.05, 0) is 35.4 Å². The summed E-state index contributed by atoms with van der Waals surface area (Å²) >= 11 is 0. The lowest BCUT2D eigenvalue weighted by atomic mass is 10.1. The van der Waals surface area contributed by atoms with E-state index in [0.717, 1.165) is 21.9 Å². The van der Waals surface area contributed by atoms with Crippen LogP contribution in [-0.4, -0.2) is 41.5 Å². The fraction of sp³-hybridized carbons (Fsp3) is 0.231. The Morgan fingerprint density at radius 3 is 2.20 bits per heavy atom. The summed E-state index contributed by atoms with van der Waals surface area (Å²) in [7, 11) is 0. The predicted octanol–water partition coefficient (Wildman–Crippen LogP) is 1.69. The normalized spacial score (nSPS) is 11.8. The molecule has 14 nitrogen and oxygen atoms in total. The minimum absolute atomic E-state index is 0.195. The van der Waals surface area contributed by atoms with E-state index in [1.165, 1.54) is 0 Å². The molecule has 0 aromatic heterocycles. The highest BCUT2D eigenvalue weighted by molar-refractivity contribution is 6.02. The number of hydrogen-bond acceptors (Lipinski definition) is 5. The lowest BCUT2D eigenvalue weighted by molar-refractivity contribution is -0.485. The number of primary amides is 1. The first-order valence-corrected chi connectivity index (χ1v) is 12.4. The maximum atomic E-state index is 13.1. The molecule has 0 saturated heterocycles. The van der Waals surface area contributed by atoms with Gasteiger partial charge in [0.2, 0.25) is 5.91 Å². The van der Waals surface area contributed by atoms with Crippen molar-refractivity contribution in [2.75, 3.05) is 11.9 Å². The summed E-state index contributed by atoms with van der Waals surface area (Å²) in [6, 6.07) is 18.2. The third-order valence-corrected chi connectivity index (χ3v) is 5.78. The number of fused-ring (bicyclic) bond motifs is 1. The maximum Gasteiger partial charge on any atom is 0.319 e. The molecule has 0 aliphatic carbocycles. The third-order valence-electron chi connectivity index (χ3n) is 5.78. The first-order valence-electron chi connectivity index (χ1n) is 12.4. The zero-order valence-corrected chi connectivity index (χ0v) is 21.6. The highest BCUT2D eigenvalue weighted by Gasteiger charge is 2.21. The van der Waals surface area contributed by atoms with Crippen molar-refractivity contribution in [1.29, 1.82) is 0 Å². The summed E-state index contributed by atoms with van der Waals surface area (Å²) in [6.07, 6.45) is 0.563. The molecule has 0 bridgehead atoms. The first-order chi connectivity index (χ1) is 19.2. The smallest absolute Gasteiger partial charge is 0.319 e. The van der Waals surface area contributed by atoms with Crippen molar-refractivity contribution >= 4 is 40.4 Å². The molecule has 0 radical (unpaired) electrons. The molecule has 3 aromatic rings. The number of carbonyl (C=O) groups excluding carboxylic acids is 3. The Kier molecular flexibility index (Phi) is 10.6. The van der Waals surface area contributed by atoms with Gasteiger partial charge >= 0.3 is 12.1 Å². The van der Waals surface area contributed by atoms with Gasteiger partial charge in [-0.3, -0.25) is 4.79 Å². The van der Waals surface area contributed by atoms with Crippen LogP contribution in [0.15, 0.2) is 71.8 Å². The van der Waals surface area contributed by atoms with Crippen LogP contribution in [-0.2, 0) is 17.9 Å². The molecule has 0 aliphatic rings. The number of nitrogens with one attached hydrogen (secondary N) is 5. The molecule has 0 fully saturated rings. The number of rotatable bonds is 12. The summed E-state index contributed by atoms with van der Waals surface area (Å²) < 4.78 is 0. The van der Waals surface area contributed by atoms with E-state index in [9.17, 15) is 24.5 Å². The molecule has 40 heavy (non-hydrogen) atoms. The molecular formula is C26H31N9O5. The molecule has 0 spiro atoms. The minimum atomic E-state index is -0.918. The molecule has 9 N–H and O–H groups in total. The fourth-order valence-corrected chi connectivity index (χ4v) is 3.84. The number of anilines is 1. The Morgan fingerprint density at radius 2 is 1.52 bits per heavy atom. The summed E-state index contributed by atoms with van der Waals surface area (Å²) in [6.45, 7) is 0.678. The zero-order valence-electron chi connectivity index (χ0n) is 21.6. The number of amides is 5. The number of nitrogens with two attached hydrogens (primary N) is 2.